The van der Waals surface area contributed by atoms with Crippen LogP contribution in [0, 0.1) is 0 Å². The van der Waals surface area contributed by atoms with Crippen LogP contribution in [0.3, 0.4) is 0 Å². The first-order valence-corrected chi connectivity index (χ1v) is 7.60. The van der Waals surface area contributed by atoms with Gasteiger partial charge in [0.15, 0.2) is 0 Å². The molecule has 104 valence electrons. The Morgan fingerprint density at radius 2 is 2.20 bits per heavy atom. The van der Waals surface area contributed by atoms with Crippen molar-refractivity contribution in [1.29, 1.82) is 0 Å². The van der Waals surface area contributed by atoms with Crippen molar-refractivity contribution in [2.45, 2.75) is 31.1 Å². The molecule has 1 atom stereocenters. The number of nitrogens with zero attached hydrogens (tertiary/aromatic N) is 2. The lowest BCUT2D eigenvalue weighted by Crippen LogP contribution is -2.14. The molecule has 0 radical (unpaired) electrons. The van der Waals surface area contributed by atoms with Crippen LogP contribution in [-0.2, 0) is 11.2 Å². The van der Waals surface area contributed by atoms with Gasteiger partial charge in [-0.15, -0.1) is 0 Å². The van der Waals surface area contributed by atoms with Crippen molar-refractivity contribution in [3.05, 3.63) is 45.7 Å². The lowest BCUT2D eigenvalue weighted by Gasteiger charge is -2.10. The zero-order valence-corrected chi connectivity index (χ0v) is 12.2. The minimum absolute atomic E-state index is 0.342. The quantitative estimate of drug-likeness (QED) is 0.918. The maximum absolute atomic E-state index is 11.5. The molecule has 1 unspecified atom stereocenters. The molecule has 6 heteroatoms. The van der Waals surface area contributed by atoms with Crippen LogP contribution < -0.4 is 0 Å². The number of aromatic nitrogens is 2. The summed E-state index contributed by atoms with van der Waals surface area (Å²) in [7, 11) is 0. The second-order valence-electron chi connectivity index (χ2n) is 4.95. The highest BCUT2D eigenvalue weighted by Gasteiger charge is 2.31. The van der Waals surface area contributed by atoms with Crippen molar-refractivity contribution in [2.75, 3.05) is 0 Å². The fraction of sp³-hybridized carbons (Fsp3) is 0.357. The monoisotopic (exact) mass is 308 g/mol. The molecule has 0 aliphatic heterocycles. The number of hydrogen-bond donors (Lipinski definition) is 1. The van der Waals surface area contributed by atoms with E-state index in [0.717, 1.165) is 24.2 Å². The Hall–Kier alpha value is -1.46. The van der Waals surface area contributed by atoms with E-state index >= 15 is 0 Å². The molecule has 0 amide bonds. The summed E-state index contributed by atoms with van der Waals surface area (Å²) in [5.74, 6) is -0.325. The maximum Gasteiger partial charge on any atom is 0.313 e. The highest BCUT2D eigenvalue weighted by molar-refractivity contribution is 7.05. The van der Waals surface area contributed by atoms with Gasteiger partial charge in [0.05, 0.1) is 0 Å². The van der Waals surface area contributed by atoms with Crippen molar-refractivity contribution in [3.8, 4) is 0 Å². The van der Waals surface area contributed by atoms with Gasteiger partial charge in [0.25, 0.3) is 0 Å². The molecule has 2 aromatic rings. The van der Waals surface area contributed by atoms with Crippen LogP contribution in [0.15, 0.2) is 24.3 Å². The summed E-state index contributed by atoms with van der Waals surface area (Å²) in [6.07, 6.45) is 2.56. The number of hydrogen-bond acceptors (Lipinski definition) is 4. The van der Waals surface area contributed by atoms with E-state index in [9.17, 15) is 9.90 Å². The zero-order chi connectivity index (χ0) is 14.1. The van der Waals surface area contributed by atoms with Gasteiger partial charge < -0.3 is 5.11 Å². The number of aliphatic carboxylic acids is 1. The topological polar surface area (TPSA) is 63.1 Å². The molecular weight excluding hydrogens is 296 g/mol. The Morgan fingerprint density at radius 1 is 1.45 bits per heavy atom. The average Bonchev–Trinajstić information content (AvgIpc) is 3.16. The fourth-order valence-electron chi connectivity index (χ4n) is 2.06. The fourth-order valence-corrected chi connectivity index (χ4v) is 3.10. The Morgan fingerprint density at radius 3 is 2.85 bits per heavy atom. The summed E-state index contributed by atoms with van der Waals surface area (Å²) >= 11 is 7.29. The Balaban J connectivity index is 1.84. The van der Waals surface area contributed by atoms with E-state index in [4.69, 9.17) is 11.6 Å². The number of carbonyl (C=O) groups is 1. The van der Waals surface area contributed by atoms with Gasteiger partial charge >= 0.3 is 5.97 Å². The van der Waals surface area contributed by atoms with Gasteiger partial charge in [0.1, 0.15) is 16.7 Å². The van der Waals surface area contributed by atoms with Gasteiger partial charge in [0.2, 0.25) is 0 Å². The third-order valence-electron chi connectivity index (χ3n) is 3.38. The normalized spacial score (nSPS) is 16.1. The zero-order valence-electron chi connectivity index (χ0n) is 10.6. The van der Waals surface area contributed by atoms with Crippen LogP contribution in [0.5, 0.6) is 0 Å². The standard InChI is InChI=1S/C14H13ClN2O2S/c15-11-4-2-1-3-9(11)7-10(14(18)19)13-16-12(17-20-13)8-5-6-8/h1-4,8,10H,5-7H2,(H,18,19). The van der Waals surface area contributed by atoms with Crippen molar-refractivity contribution in [1.82, 2.24) is 9.36 Å². The van der Waals surface area contributed by atoms with E-state index in [-0.39, 0.29) is 0 Å². The first-order valence-electron chi connectivity index (χ1n) is 6.45. The molecule has 0 spiro atoms. The molecule has 1 N–H and O–H groups in total. The van der Waals surface area contributed by atoms with Crippen LogP contribution in [0.2, 0.25) is 5.02 Å². The highest BCUT2D eigenvalue weighted by Crippen LogP contribution is 2.39. The molecule has 1 heterocycles. The molecule has 1 aliphatic rings. The number of benzene rings is 1. The van der Waals surface area contributed by atoms with Crippen LogP contribution in [0.4, 0.5) is 0 Å². The molecule has 20 heavy (non-hydrogen) atoms. The molecular formula is C14H13ClN2O2S. The van der Waals surface area contributed by atoms with Crippen molar-refractivity contribution >= 4 is 29.1 Å². The van der Waals surface area contributed by atoms with Gasteiger partial charge in [-0.3, -0.25) is 4.79 Å². The van der Waals surface area contributed by atoms with Gasteiger partial charge in [-0.1, -0.05) is 29.8 Å². The number of halogens is 1. The van der Waals surface area contributed by atoms with Crippen LogP contribution in [0.25, 0.3) is 0 Å². The van der Waals surface area contributed by atoms with Gasteiger partial charge in [-0.2, -0.15) is 4.37 Å². The predicted molar refractivity (Wildman–Crippen MR) is 77.4 cm³/mol. The third-order valence-corrected chi connectivity index (χ3v) is 4.59. The van der Waals surface area contributed by atoms with E-state index < -0.39 is 11.9 Å². The minimum atomic E-state index is -0.886. The Bertz CT molecular complexity index is 640. The molecule has 1 aliphatic carbocycles. The van der Waals surface area contributed by atoms with Gasteiger partial charge in [-0.05, 0) is 42.4 Å². The second-order valence-corrected chi connectivity index (χ2v) is 6.14. The predicted octanol–water partition coefficient (Wildman–Crippen LogP) is 3.48. The molecule has 1 aromatic heterocycles. The summed E-state index contributed by atoms with van der Waals surface area (Å²) in [5, 5.41) is 10.6. The van der Waals surface area contributed by atoms with Crippen molar-refractivity contribution in [3.63, 3.8) is 0 Å². The van der Waals surface area contributed by atoms with E-state index in [0.29, 0.717) is 22.4 Å². The molecule has 1 saturated carbocycles. The van der Waals surface area contributed by atoms with Crippen LogP contribution in [-0.4, -0.2) is 20.4 Å². The Kier molecular flexibility index (Phi) is 3.72. The molecule has 1 fully saturated rings. The third kappa shape index (κ3) is 2.83. The molecule has 0 saturated heterocycles. The van der Waals surface area contributed by atoms with Crippen LogP contribution >= 0.6 is 23.1 Å². The average molecular weight is 309 g/mol. The molecule has 1 aromatic carbocycles. The van der Waals surface area contributed by atoms with Crippen molar-refractivity contribution in [2.24, 2.45) is 0 Å². The molecule has 3 rings (SSSR count). The highest BCUT2D eigenvalue weighted by atomic mass is 35.5. The van der Waals surface area contributed by atoms with E-state index in [1.165, 1.54) is 11.5 Å². The molecule has 4 nitrogen and oxygen atoms in total. The van der Waals surface area contributed by atoms with Gasteiger partial charge in [-0.25, -0.2) is 4.98 Å². The lowest BCUT2D eigenvalue weighted by molar-refractivity contribution is -0.138. The summed E-state index contributed by atoms with van der Waals surface area (Å²) in [5.41, 5.74) is 0.824. The second kappa shape index (κ2) is 5.50. The summed E-state index contributed by atoms with van der Waals surface area (Å²) in [6.45, 7) is 0. The van der Waals surface area contributed by atoms with E-state index in [2.05, 4.69) is 9.36 Å². The Labute approximate surface area is 125 Å². The summed E-state index contributed by atoms with van der Waals surface area (Å²) in [4.78, 5) is 15.9. The SMILES string of the molecule is O=C(O)C(Cc1ccccc1Cl)c1nc(C2CC2)ns1. The smallest absolute Gasteiger partial charge is 0.313 e. The first-order chi connectivity index (χ1) is 9.65. The van der Waals surface area contributed by atoms with Crippen LogP contribution in [0.1, 0.15) is 41.1 Å². The minimum Gasteiger partial charge on any atom is -0.481 e. The maximum atomic E-state index is 11.5. The van der Waals surface area contributed by atoms with E-state index in [1.807, 2.05) is 18.2 Å². The van der Waals surface area contributed by atoms with Crippen molar-refractivity contribution < 1.29 is 9.90 Å². The molecule has 0 bridgehead atoms. The summed E-state index contributed by atoms with van der Waals surface area (Å²) in [6, 6.07) is 7.31. The first kappa shape index (κ1) is 13.5. The van der Waals surface area contributed by atoms with Gasteiger partial charge in [0, 0.05) is 10.9 Å². The number of carboxylic acids is 1. The largest absolute Gasteiger partial charge is 0.481 e. The van der Waals surface area contributed by atoms with E-state index in [1.54, 1.807) is 6.07 Å². The number of rotatable bonds is 5. The summed E-state index contributed by atoms with van der Waals surface area (Å²) < 4.78 is 4.28. The lowest BCUT2D eigenvalue weighted by atomic mass is 10.00. The number of carboxylic acid groups (broad SMARTS) is 1.